The minimum absolute atomic E-state index is 0.0714. The van der Waals surface area contributed by atoms with Crippen LogP contribution in [0.1, 0.15) is 53.8 Å². The van der Waals surface area contributed by atoms with Gasteiger partial charge in [0.2, 0.25) is 0 Å². The molecule has 2 rings (SSSR count). The molecule has 1 aromatic carbocycles. The van der Waals surface area contributed by atoms with Crippen molar-refractivity contribution in [3.63, 3.8) is 0 Å². The van der Waals surface area contributed by atoms with Crippen LogP contribution in [0.15, 0.2) is 24.3 Å². The summed E-state index contributed by atoms with van der Waals surface area (Å²) in [5.74, 6) is 0.561. The Hall–Kier alpha value is -1.84. The summed E-state index contributed by atoms with van der Waals surface area (Å²) < 4.78 is 0. The van der Waals surface area contributed by atoms with E-state index in [0.717, 1.165) is 25.9 Å². The molecule has 4 heteroatoms. The summed E-state index contributed by atoms with van der Waals surface area (Å²) in [6, 6.07) is 6.96. The highest BCUT2D eigenvalue weighted by Crippen LogP contribution is 2.18. The van der Waals surface area contributed by atoms with Crippen LogP contribution < -0.4 is 5.32 Å². The van der Waals surface area contributed by atoms with Crippen molar-refractivity contribution in [1.29, 1.82) is 0 Å². The van der Waals surface area contributed by atoms with Crippen LogP contribution in [0.4, 0.5) is 0 Å². The molecule has 1 aliphatic heterocycles. The molecule has 0 radical (unpaired) electrons. The Morgan fingerprint density at radius 2 is 1.90 bits per heavy atom. The maximum Gasteiger partial charge on any atom is 0.253 e. The zero-order chi connectivity index (χ0) is 15.2. The predicted octanol–water partition coefficient (Wildman–Crippen LogP) is 2.70. The van der Waals surface area contributed by atoms with Crippen LogP contribution in [0, 0.1) is 5.92 Å². The molecule has 0 saturated carbocycles. The van der Waals surface area contributed by atoms with E-state index in [1.165, 1.54) is 6.42 Å². The van der Waals surface area contributed by atoms with Crippen LogP contribution in [0.25, 0.3) is 0 Å². The summed E-state index contributed by atoms with van der Waals surface area (Å²) in [4.78, 5) is 26.2. The number of rotatable bonds is 4. The Bertz CT molecular complexity index is 496. The van der Waals surface area contributed by atoms with Gasteiger partial charge < -0.3 is 10.2 Å². The fraction of sp³-hybridized carbons (Fsp3) is 0.529. The number of nitrogens with one attached hydrogen (secondary N) is 1. The van der Waals surface area contributed by atoms with E-state index in [2.05, 4.69) is 12.2 Å². The SMILES string of the molecule is CCCNC(=O)c1ccc(C(=O)N2CCCC(C)C2)cc1. The minimum atomic E-state index is -0.0811. The number of likely N-dealkylation sites (tertiary alicyclic amines) is 1. The van der Waals surface area contributed by atoms with E-state index >= 15 is 0 Å². The van der Waals surface area contributed by atoms with Crippen molar-refractivity contribution in [3.8, 4) is 0 Å². The summed E-state index contributed by atoms with van der Waals surface area (Å²) >= 11 is 0. The van der Waals surface area contributed by atoms with Crippen LogP contribution in [-0.2, 0) is 0 Å². The van der Waals surface area contributed by atoms with E-state index in [4.69, 9.17) is 0 Å². The first kappa shape index (κ1) is 15.5. The number of carbonyl (C=O) groups is 2. The first-order valence-corrected chi connectivity index (χ1v) is 7.79. The third kappa shape index (κ3) is 4.06. The molecular formula is C17H24N2O2. The quantitative estimate of drug-likeness (QED) is 0.926. The van der Waals surface area contributed by atoms with Crippen molar-refractivity contribution in [1.82, 2.24) is 10.2 Å². The number of benzene rings is 1. The highest BCUT2D eigenvalue weighted by molar-refractivity contribution is 5.97. The average molecular weight is 288 g/mol. The molecule has 1 aromatic rings. The fourth-order valence-corrected chi connectivity index (χ4v) is 2.66. The second kappa shape index (κ2) is 7.25. The van der Waals surface area contributed by atoms with Crippen LogP contribution in [-0.4, -0.2) is 36.3 Å². The Balaban J connectivity index is 2.01. The van der Waals surface area contributed by atoms with E-state index in [9.17, 15) is 9.59 Å². The maximum atomic E-state index is 12.4. The number of nitrogens with zero attached hydrogens (tertiary/aromatic N) is 1. The average Bonchev–Trinajstić information content (AvgIpc) is 2.52. The summed E-state index contributed by atoms with van der Waals surface area (Å²) in [6.07, 6.45) is 3.18. The molecule has 4 nitrogen and oxygen atoms in total. The molecule has 0 aromatic heterocycles. The van der Waals surface area contributed by atoms with Crippen molar-refractivity contribution in [3.05, 3.63) is 35.4 Å². The van der Waals surface area contributed by atoms with E-state index in [1.807, 2.05) is 11.8 Å². The van der Waals surface area contributed by atoms with Crippen LogP contribution in [0.3, 0.4) is 0 Å². The second-order valence-electron chi connectivity index (χ2n) is 5.83. The third-order valence-corrected chi connectivity index (χ3v) is 3.87. The lowest BCUT2D eigenvalue weighted by atomic mass is 9.99. The highest BCUT2D eigenvalue weighted by atomic mass is 16.2. The molecule has 0 spiro atoms. The predicted molar refractivity (Wildman–Crippen MR) is 83.4 cm³/mol. The van der Waals surface area contributed by atoms with E-state index in [0.29, 0.717) is 23.6 Å². The number of piperidine rings is 1. The van der Waals surface area contributed by atoms with Gasteiger partial charge >= 0.3 is 0 Å². The van der Waals surface area contributed by atoms with Gasteiger partial charge in [0.1, 0.15) is 0 Å². The van der Waals surface area contributed by atoms with Gasteiger partial charge in [0.25, 0.3) is 11.8 Å². The summed E-state index contributed by atoms with van der Waals surface area (Å²) in [6.45, 7) is 6.53. The number of carbonyl (C=O) groups excluding carboxylic acids is 2. The summed E-state index contributed by atoms with van der Waals surface area (Å²) in [7, 11) is 0. The molecule has 2 amide bonds. The van der Waals surface area contributed by atoms with Crippen LogP contribution in [0.5, 0.6) is 0 Å². The minimum Gasteiger partial charge on any atom is -0.352 e. The normalized spacial score (nSPS) is 18.4. The zero-order valence-corrected chi connectivity index (χ0v) is 12.9. The lowest BCUT2D eigenvalue weighted by molar-refractivity contribution is 0.0682. The van der Waals surface area contributed by atoms with E-state index in [1.54, 1.807) is 24.3 Å². The summed E-state index contributed by atoms with van der Waals surface area (Å²) in [5.41, 5.74) is 1.27. The molecule has 21 heavy (non-hydrogen) atoms. The standard InChI is InChI=1S/C17H24N2O2/c1-3-10-18-16(20)14-6-8-15(9-7-14)17(21)19-11-4-5-13(2)12-19/h6-9,13H,3-5,10-12H2,1-2H3,(H,18,20). The Labute approximate surface area is 126 Å². The Kier molecular flexibility index (Phi) is 5.37. The monoisotopic (exact) mass is 288 g/mol. The second-order valence-corrected chi connectivity index (χ2v) is 5.83. The highest BCUT2D eigenvalue weighted by Gasteiger charge is 2.22. The number of hydrogen-bond donors (Lipinski definition) is 1. The molecule has 1 unspecified atom stereocenters. The molecular weight excluding hydrogens is 264 g/mol. The Morgan fingerprint density at radius 1 is 1.24 bits per heavy atom. The first-order valence-electron chi connectivity index (χ1n) is 7.79. The van der Waals surface area contributed by atoms with Crippen molar-refractivity contribution >= 4 is 11.8 Å². The topological polar surface area (TPSA) is 49.4 Å². The van der Waals surface area contributed by atoms with Crippen molar-refractivity contribution in [2.45, 2.75) is 33.1 Å². The molecule has 1 saturated heterocycles. The van der Waals surface area contributed by atoms with E-state index < -0.39 is 0 Å². The number of hydrogen-bond acceptors (Lipinski definition) is 2. The molecule has 1 aliphatic rings. The molecule has 0 bridgehead atoms. The van der Waals surface area contributed by atoms with Gasteiger partial charge in [0, 0.05) is 30.8 Å². The largest absolute Gasteiger partial charge is 0.352 e. The molecule has 1 fully saturated rings. The van der Waals surface area contributed by atoms with Crippen molar-refractivity contribution in [2.75, 3.05) is 19.6 Å². The molecule has 0 aliphatic carbocycles. The fourth-order valence-electron chi connectivity index (χ4n) is 2.66. The van der Waals surface area contributed by atoms with Gasteiger partial charge in [-0.3, -0.25) is 9.59 Å². The van der Waals surface area contributed by atoms with Gasteiger partial charge in [0.05, 0.1) is 0 Å². The van der Waals surface area contributed by atoms with Crippen molar-refractivity contribution < 1.29 is 9.59 Å². The van der Waals surface area contributed by atoms with Crippen molar-refractivity contribution in [2.24, 2.45) is 5.92 Å². The summed E-state index contributed by atoms with van der Waals surface area (Å²) in [5, 5.41) is 2.83. The number of amides is 2. The Morgan fingerprint density at radius 3 is 2.52 bits per heavy atom. The van der Waals surface area contributed by atoms with Gasteiger partial charge in [-0.15, -0.1) is 0 Å². The molecule has 114 valence electrons. The third-order valence-electron chi connectivity index (χ3n) is 3.87. The molecule has 1 N–H and O–H groups in total. The molecule has 1 atom stereocenters. The van der Waals surface area contributed by atoms with Gasteiger partial charge in [-0.2, -0.15) is 0 Å². The van der Waals surface area contributed by atoms with Crippen LogP contribution >= 0.6 is 0 Å². The van der Waals surface area contributed by atoms with Crippen LogP contribution in [0.2, 0.25) is 0 Å². The smallest absolute Gasteiger partial charge is 0.253 e. The van der Waals surface area contributed by atoms with Gasteiger partial charge in [-0.1, -0.05) is 13.8 Å². The van der Waals surface area contributed by atoms with E-state index in [-0.39, 0.29) is 11.8 Å². The van der Waals surface area contributed by atoms with Gasteiger partial charge in [0.15, 0.2) is 0 Å². The molecule has 1 heterocycles. The zero-order valence-electron chi connectivity index (χ0n) is 12.9. The maximum absolute atomic E-state index is 12.4. The lowest BCUT2D eigenvalue weighted by Gasteiger charge is -2.31. The first-order chi connectivity index (χ1) is 10.1. The van der Waals surface area contributed by atoms with Gasteiger partial charge in [-0.25, -0.2) is 0 Å². The van der Waals surface area contributed by atoms with Gasteiger partial charge in [-0.05, 0) is 49.4 Å². The lowest BCUT2D eigenvalue weighted by Crippen LogP contribution is -2.39.